The topological polar surface area (TPSA) is 78.3 Å². The minimum atomic E-state index is -0.725. The predicted octanol–water partition coefficient (Wildman–Crippen LogP) is 0.704. The van der Waals surface area contributed by atoms with Crippen LogP contribution in [0.15, 0.2) is 18.2 Å². The van der Waals surface area contributed by atoms with Crippen molar-refractivity contribution in [2.75, 3.05) is 7.11 Å². The van der Waals surface area contributed by atoms with Gasteiger partial charge in [-0.25, -0.2) is 0 Å². The monoisotopic (exact) mass is 228 g/mol. The average Bonchev–Trinajstić information content (AvgIpc) is 2.18. The van der Waals surface area contributed by atoms with Gasteiger partial charge >= 0.3 is 0 Å². The minimum Gasteiger partial charge on any atom is -0.496 e. The standard InChI is InChI=1S/C10H13ClN2O2/c1-15-9-3-2-7(11)4-6(9)5-8(12)10(13)14/h2-4,8H,5,12H2,1H3,(H2,13,14). The van der Waals surface area contributed by atoms with Gasteiger partial charge in [0.05, 0.1) is 13.2 Å². The third-order valence-electron chi connectivity index (χ3n) is 2.05. The van der Waals surface area contributed by atoms with Gasteiger partial charge in [-0.15, -0.1) is 0 Å². The third-order valence-corrected chi connectivity index (χ3v) is 2.28. The highest BCUT2D eigenvalue weighted by Crippen LogP contribution is 2.23. The molecule has 1 unspecified atom stereocenters. The van der Waals surface area contributed by atoms with E-state index in [1.54, 1.807) is 25.3 Å². The first-order valence-corrected chi connectivity index (χ1v) is 4.79. The summed E-state index contributed by atoms with van der Waals surface area (Å²) in [5, 5.41) is 0.572. The lowest BCUT2D eigenvalue weighted by Gasteiger charge is -2.11. The molecule has 0 aromatic heterocycles. The molecule has 0 saturated carbocycles. The summed E-state index contributed by atoms with van der Waals surface area (Å²) in [5.74, 6) is 0.105. The highest BCUT2D eigenvalue weighted by Gasteiger charge is 2.13. The molecule has 0 radical (unpaired) electrons. The van der Waals surface area contributed by atoms with Crippen LogP contribution in [-0.4, -0.2) is 19.1 Å². The number of carbonyl (C=O) groups is 1. The van der Waals surface area contributed by atoms with E-state index >= 15 is 0 Å². The lowest BCUT2D eigenvalue weighted by molar-refractivity contribution is -0.119. The number of rotatable bonds is 4. The van der Waals surface area contributed by atoms with Crippen molar-refractivity contribution in [2.45, 2.75) is 12.5 Å². The van der Waals surface area contributed by atoms with Crippen molar-refractivity contribution in [1.82, 2.24) is 0 Å². The van der Waals surface area contributed by atoms with E-state index in [4.69, 9.17) is 27.8 Å². The summed E-state index contributed by atoms with van der Waals surface area (Å²) >= 11 is 5.82. The van der Waals surface area contributed by atoms with Gasteiger partial charge in [0.15, 0.2) is 0 Å². The molecule has 1 aromatic rings. The number of amides is 1. The number of carbonyl (C=O) groups excluding carboxylic acids is 1. The Morgan fingerprint density at radius 1 is 1.60 bits per heavy atom. The fourth-order valence-corrected chi connectivity index (χ4v) is 1.44. The zero-order chi connectivity index (χ0) is 11.4. The molecular weight excluding hydrogens is 216 g/mol. The maximum Gasteiger partial charge on any atom is 0.234 e. The molecule has 1 atom stereocenters. The van der Waals surface area contributed by atoms with Crippen LogP contribution in [0.2, 0.25) is 5.02 Å². The average molecular weight is 229 g/mol. The molecule has 4 nitrogen and oxygen atoms in total. The molecule has 5 heteroatoms. The fourth-order valence-electron chi connectivity index (χ4n) is 1.24. The van der Waals surface area contributed by atoms with Crippen molar-refractivity contribution in [2.24, 2.45) is 11.5 Å². The number of nitrogens with two attached hydrogens (primary N) is 2. The molecule has 0 bridgehead atoms. The number of halogens is 1. The lowest BCUT2D eigenvalue weighted by Crippen LogP contribution is -2.38. The number of ether oxygens (including phenoxy) is 1. The molecular formula is C10H13ClN2O2. The van der Waals surface area contributed by atoms with Gasteiger partial charge in [0.1, 0.15) is 5.75 Å². The van der Waals surface area contributed by atoms with Crippen LogP contribution in [0.4, 0.5) is 0 Å². The molecule has 82 valence electrons. The summed E-state index contributed by atoms with van der Waals surface area (Å²) in [5.41, 5.74) is 11.4. The van der Waals surface area contributed by atoms with Crippen LogP contribution in [-0.2, 0) is 11.2 Å². The number of hydrogen-bond donors (Lipinski definition) is 2. The second-order valence-corrected chi connectivity index (χ2v) is 3.61. The molecule has 0 aliphatic carbocycles. The van der Waals surface area contributed by atoms with E-state index in [-0.39, 0.29) is 0 Å². The van der Waals surface area contributed by atoms with Crippen LogP contribution in [0.25, 0.3) is 0 Å². The molecule has 0 aliphatic rings. The molecule has 0 saturated heterocycles. The Bertz CT molecular complexity index is 368. The number of primary amides is 1. The summed E-state index contributed by atoms with van der Waals surface area (Å²) in [7, 11) is 1.54. The Balaban J connectivity index is 2.91. The smallest absolute Gasteiger partial charge is 0.234 e. The van der Waals surface area contributed by atoms with E-state index in [0.29, 0.717) is 17.2 Å². The van der Waals surface area contributed by atoms with Crippen molar-refractivity contribution in [3.8, 4) is 5.75 Å². The van der Waals surface area contributed by atoms with Gasteiger partial charge in [-0.2, -0.15) is 0 Å². The van der Waals surface area contributed by atoms with Crippen molar-refractivity contribution in [3.63, 3.8) is 0 Å². The first kappa shape index (κ1) is 11.8. The van der Waals surface area contributed by atoms with Crippen LogP contribution in [0, 0.1) is 0 Å². The van der Waals surface area contributed by atoms with Crippen molar-refractivity contribution in [1.29, 1.82) is 0 Å². The van der Waals surface area contributed by atoms with E-state index in [2.05, 4.69) is 0 Å². The Hall–Kier alpha value is -1.26. The number of hydrogen-bond acceptors (Lipinski definition) is 3. The van der Waals surface area contributed by atoms with Crippen LogP contribution < -0.4 is 16.2 Å². The summed E-state index contributed by atoms with van der Waals surface area (Å²) in [6, 6.07) is 4.42. The summed E-state index contributed by atoms with van der Waals surface area (Å²) < 4.78 is 5.11. The Morgan fingerprint density at radius 2 is 2.27 bits per heavy atom. The molecule has 0 spiro atoms. The van der Waals surface area contributed by atoms with Crippen LogP contribution in [0.5, 0.6) is 5.75 Å². The molecule has 1 aromatic carbocycles. The van der Waals surface area contributed by atoms with E-state index in [9.17, 15) is 4.79 Å². The maximum atomic E-state index is 10.8. The highest BCUT2D eigenvalue weighted by molar-refractivity contribution is 6.30. The summed E-state index contributed by atoms with van der Waals surface area (Å²) in [4.78, 5) is 10.8. The summed E-state index contributed by atoms with van der Waals surface area (Å²) in [6.07, 6.45) is 0.319. The summed E-state index contributed by atoms with van der Waals surface area (Å²) in [6.45, 7) is 0. The highest BCUT2D eigenvalue weighted by atomic mass is 35.5. The molecule has 4 N–H and O–H groups in total. The zero-order valence-electron chi connectivity index (χ0n) is 8.37. The predicted molar refractivity (Wildman–Crippen MR) is 58.9 cm³/mol. The molecule has 1 amide bonds. The Labute approximate surface area is 93.1 Å². The second-order valence-electron chi connectivity index (χ2n) is 3.17. The quantitative estimate of drug-likeness (QED) is 0.797. The van der Waals surface area contributed by atoms with E-state index in [0.717, 1.165) is 5.56 Å². The van der Waals surface area contributed by atoms with Gasteiger partial charge in [-0.05, 0) is 23.8 Å². The van der Waals surface area contributed by atoms with Gasteiger partial charge in [-0.1, -0.05) is 11.6 Å². The van der Waals surface area contributed by atoms with E-state index < -0.39 is 11.9 Å². The number of benzene rings is 1. The second kappa shape index (κ2) is 5.00. The van der Waals surface area contributed by atoms with Crippen molar-refractivity contribution < 1.29 is 9.53 Å². The van der Waals surface area contributed by atoms with Gasteiger partial charge < -0.3 is 16.2 Å². The van der Waals surface area contributed by atoms with Crippen molar-refractivity contribution in [3.05, 3.63) is 28.8 Å². The molecule has 0 fully saturated rings. The largest absolute Gasteiger partial charge is 0.496 e. The van der Waals surface area contributed by atoms with E-state index in [1.807, 2.05) is 0 Å². The van der Waals surface area contributed by atoms with Gasteiger partial charge in [0.25, 0.3) is 0 Å². The molecule has 15 heavy (non-hydrogen) atoms. The SMILES string of the molecule is COc1ccc(Cl)cc1CC(N)C(N)=O. The fraction of sp³-hybridized carbons (Fsp3) is 0.300. The maximum absolute atomic E-state index is 10.8. The Kier molecular flexibility index (Phi) is 3.94. The lowest BCUT2D eigenvalue weighted by atomic mass is 10.1. The van der Waals surface area contributed by atoms with Gasteiger partial charge in [-0.3, -0.25) is 4.79 Å². The minimum absolute atomic E-state index is 0.319. The normalized spacial score (nSPS) is 12.2. The van der Waals surface area contributed by atoms with Crippen LogP contribution >= 0.6 is 11.6 Å². The van der Waals surface area contributed by atoms with Crippen LogP contribution in [0.1, 0.15) is 5.56 Å². The van der Waals surface area contributed by atoms with Crippen LogP contribution in [0.3, 0.4) is 0 Å². The zero-order valence-corrected chi connectivity index (χ0v) is 9.12. The molecule has 0 heterocycles. The van der Waals surface area contributed by atoms with Gasteiger partial charge in [0.2, 0.25) is 5.91 Å². The van der Waals surface area contributed by atoms with E-state index in [1.165, 1.54) is 0 Å². The Morgan fingerprint density at radius 3 is 2.80 bits per heavy atom. The first-order chi connectivity index (χ1) is 7.04. The van der Waals surface area contributed by atoms with Gasteiger partial charge in [0, 0.05) is 11.4 Å². The molecule has 0 aliphatic heterocycles. The van der Waals surface area contributed by atoms with Crippen molar-refractivity contribution >= 4 is 17.5 Å². The molecule has 1 rings (SSSR count). The first-order valence-electron chi connectivity index (χ1n) is 4.42. The number of methoxy groups -OCH3 is 1. The third kappa shape index (κ3) is 3.11.